The first-order valence-electron chi connectivity index (χ1n) is 12.4. The summed E-state index contributed by atoms with van der Waals surface area (Å²) in [5.74, 6) is 0.452. The van der Waals surface area contributed by atoms with Crippen molar-refractivity contribution in [3.63, 3.8) is 0 Å². The van der Waals surface area contributed by atoms with Crippen LogP contribution in [0, 0.1) is 5.92 Å². The molecule has 1 aliphatic heterocycles. The number of piperidine rings is 1. The van der Waals surface area contributed by atoms with Crippen molar-refractivity contribution in [3.05, 3.63) is 59.7 Å². The van der Waals surface area contributed by atoms with Crippen LogP contribution >= 0.6 is 0 Å². The molecule has 1 atom stereocenters. The van der Waals surface area contributed by atoms with E-state index in [-0.39, 0.29) is 23.3 Å². The summed E-state index contributed by atoms with van der Waals surface area (Å²) < 4.78 is 64.6. The van der Waals surface area contributed by atoms with E-state index in [0.717, 1.165) is 43.6 Å². The van der Waals surface area contributed by atoms with Gasteiger partial charge in [-0.25, -0.2) is 13.6 Å². The zero-order chi connectivity index (χ0) is 27.3. The lowest BCUT2D eigenvalue weighted by atomic mass is 9.77. The van der Waals surface area contributed by atoms with Crippen LogP contribution < -0.4 is 9.88 Å². The van der Waals surface area contributed by atoms with Gasteiger partial charge in [-0.2, -0.15) is 4.80 Å². The Bertz CT molecular complexity index is 1290. The lowest BCUT2D eigenvalue weighted by molar-refractivity contribution is -0.274. The summed E-state index contributed by atoms with van der Waals surface area (Å²) in [6.45, 7) is 2.51. The van der Waals surface area contributed by atoms with Gasteiger partial charge in [-0.05, 0) is 79.1 Å². The Hall–Kier alpha value is -3.03. The van der Waals surface area contributed by atoms with Gasteiger partial charge in [0.2, 0.25) is 15.8 Å². The summed E-state index contributed by atoms with van der Waals surface area (Å²) in [5, 5.41) is 17.3. The van der Waals surface area contributed by atoms with Crippen molar-refractivity contribution in [2.75, 3.05) is 18.8 Å². The third-order valence-electron chi connectivity index (χ3n) is 6.81. The van der Waals surface area contributed by atoms with E-state index < -0.39 is 16.4 Å². The summed E-state index contributed by atoms with van der Waals surface area (Å²) in [6.07, 6.45) is -2.00. The van der Waals surface area contributed by atoms with Crippen LogP contribution in [0.3, 0.4) is 0 Å². The SMILES string of the molecule is Cn1nnc(-c2ccc(CN3CCC(C(CCCS(N)(=O)=O)c4ccc(OC(F)(F)F)cc4)CC3)cc2)n1. The molecule has 0 amide bonds. The molecule has 1 aromatic heterocycles. The standard InChI is InChI=1S/C25H31F3N6O3S/c1-33-31-24(30-32-33)21-6-4-18(5-7-21)17-34-14-12-20(13-15-34)23(3-2-16-38(29,35)36)19-8-10-22(11-9-19)37-25(26,27)28/h4-11,20,23H,2-3,12-17H2,1H3,(H2,29,35,36). The maximum absolute atomic E-state index is 12.6. The number of nitrogens with zero attached hydrogens (tertiary/aromatic N) is 5. The summed E-state index contributed by atoms with van der Waals surface area (Å²) in [7, 11) is -1.87. The molecule has 0 saturated carbocycles. The van der Waals surface area contributed by atoms with E-state index in [9.17, 15) is 21.6 Å². The number of halogens is 3. The number of alkyl halides is 3. The minimum absolute atomic E-state index is 0.0117. The van der Waals surface area contributed by atoms with Gasteiger partial charge < -0.3 is 4.74 Å². The topological polar surface area (TPSA) is 116 Å². The van der Waals surface area contributed by atoms with E-state index in [1.807, 2.05) is 12.1 Å². The first-order valence-corrected chi connectivity index (χ1v) is 14.1. The van der Waals surface area contributed by atoms with Gasteiger partial charge in [0.15, 0.2) is 0 Å². The molecule has 2 N–H and O–H groups in total. The van der Waals surface area contributed by atoms with Gasteiger partial charge >= 0.3 is 6.36 Å². The van der Waals surface area contributed by atoms with Crippen molar-refractivity contribution in [2.24, 2.45) is 18.1 Å². The van der Waals surface area contributed by atoms with Crippen LogP contribution in [0.1, 0.15) is 42.7 Å². The van der Waals surface area contributed by atoms with Gasteiger partial charge in [0.25, 0.3) is 0 Å². The number of nitrogens with two attached hydrogens (primary N) is 1. The lowest BCUT2D eigenvalue weighted by Crippen LogP contribution is -2.35. The van der Waals surface area contributed by atoms with E-state index in [4.69, 9.17) is 5.14 Å². The molecule has 206 valence electrons. The van der Waals surface area contributed by atoms with Crippen LogP contribution in [-0.4, -0.2) is 58.7 Å². The van der Waals surface area contributed by atoms with Crippen molar-refractivity contribution in [3.8, 4) is 17.1 Å². The summed E-state index contributed by atoms with van der Waals surface area (Å²) >= 11 is 0. The molecule has 1 aliphatic rings. The van der Waals surface area contributed by atoms with Gasteiger partial charge in [0, 0.05) is 12.1 Å². The number of ether oxygens (including phenoxy) is 1. The maximum atomic E-state index is 12.6. The Labute approximate surface area is 219 Å². The predicted octanol–water partition coefficient (Wildman–Crippen LogP) is 3.84. The average molecular weight is 553 g/mol. The molecule has 2 aromatic carbocycles. The zero-order valence-electron chi connectivity index (χ0n) is 21.0. The number of sulfonamides is 1. The molecule has 0 bridgehead atoms. The number of hydrogen-bond donors (Lipinski definition) is 1. The van der Waals surface area contributed by atoms with E-state index >= 15 is 0 Å². The van der Waals surface area contributed by atoms with E-state index in [1.165, 1.54) is 22.5 Å². The molecule has 1 unspecified atom stereocenters. The third-order valence-corrected chi connectivity index (χ3v) is 7.67. The molecule has 0 aliphatic carbocycles. The fourth-order valence-corrected chi connectivity index (χ4v) is 5.60. The second kappa shape index (κ2) is 11.8. The molecule has 3 aromatic rings. The highest BCUT2D eigenvalue weighted by atomic mass is 32.2. The van der Waals surface area contributed by atoms with Gasteiger partial charge in [-0.1, -0.05) is 36.4 Å². The van der Waals surface area contributed by atoms with Gasteiger partial charge in [-0.3, -0.25) is 4.90 Å². The smallest absolute Gasteiger partial charge is 0.406 e. The minimum Gasteiger partial charge on any atom is -0.406 e. The lowest BCUT2D eigenvalue weighted by Gasteiger charge is -2.36. The Morgan fingerprint density at radius 2 is 1.74 bits per heavy atom. The number of likely N-dealkylation sites (tertiary alicyclic amines) is 1. The number of primary sulfonamides is 1. The van der Waals surface area contributed by atoms with Gasteiger partial charge in [0.1, 0.15) is 5.75 Å². The molecule has 13 heteroatoms. The van der Waals surface area contributed by atoms with Gasteiger partial charge in [0.05, 0.1) is 12.8 Å². The normalized spacial score (nSPS) is 16.4. The first-order chi connectivity index (χ1) is 17.9. The number of aryl methyl sites for hydroxylation is 1. The molecular weight excluding hydrogens is 521 g/mol. The molecule has 4 rings (SSSR count). The highest BCUT2D eigenvalue weighted by Crippen LogP contribution is 2.37. The second-order valence-corrected chi connectivity index (χ2v) is 11.4. The fourth-order valence-electron chi connectivity index (χ4n) is 5.03. The molecule has 1 fully saturated rings. The van der Waals surface area contributed by atoms with Crippen molar-refractivity contribution in [2.45, 2.75) is 44.5 Å². The summed E-state index contributed by atoms with van der Waals surface area (Å²) in [6, 6.07) is 14.0. The van der Waals surface area contributed by atoms with Crippen molar-refractivity contribution < 1.29 is 26.3 Å². The summed E-state index contributed by atoms with van der Waals surface area (Å²) in [5.41, 5.74) is 2.94. The molecule has 1 saturated heterocycles. The fraction of sp³-hybridized carbons (Fsp3) is 0.480. The van der Waals surface area contributed by atoms with Crippen LogP contribution in [0.15, 0.2) is 48.5 Å². The number of rotatable bonds is 10. The molecule has 0 spiro atoms. The summed E-state index contributed by atoms with van der Waals surface area (Å²) in [4.78, 5) is 3.79. The Balaban J connectivity index is 1.37. The monoisotopic (exact) mass is 552 g/mol. The molecular formula is C25H31F3N6O3S. The first kappa shape index (κ1) is 28.0. The maximum Gasteiger partial charge on any atom is 0.573 e. The van der Waals surface area contributed by atoms with Crippen LogP contribution in [0.5, 0.6) is 5.75 Å². The second-order valence-electron chi connectivity index (χ2n) is 9.65. The number of tetrazole rings is 1. The Kier molecular flexibility index (Phi) is 8.68. The highest BCUT2D eigenvalue weighted by molar-refractivity contribution is 7.89. The molecule has 38 heavy (non-hydrogen) atoms. The number of benzene rings is 2. The highest BCUT2D eigenvalue weighted by Gasteiger charge is 2.32. The Morgan fingerprint density at radius 3 is 2.29 bits per heavy atom. The number of hydrogen-bond acceptors (Lipinski definition) is 7. The van der Waals surface area contributed by atoms with Crippen molar-refractivity contribution in [1.29, 1.82) is 0 Å². The van der Waals surface area contributed by atoms with Crippen LogP contribution in [-0.2, 0) is 23.6 Å². The minimum atomic E-state index is -4.75. The number of aromatic nitrogens is 4. The largest absolute Gasteiger partial charge is 0.573 e. The molecule has 2 heterocycles. The quantitative estimate of drug-likeness (QED) is 0.406. The third kappa shape index (κ3) is 8.23. The van der Waals surface area contributed by atoms with Gasteiger partial charge in [-0.15, -0.1) is 23.4 Å². The van der Waals surface area contributed by atoms with Crippen LogP contribution in [0.2, 0.25) is 0 Å². The van der Waals surface area contributed by atoms with E-state index in [2.05, 4.69) is 37.2 Å². The van der Waals surface area contributed by atoms with Crippen molar-refractivity contribution >= 4 is 10.0 Å². The van der Waals surface area contributed by atoms with E-state index in [0.29, 0.717) is 18.7 Å². The molecule has 0 radical (unpaired) electrons. The average Bonchev–Trinajstić information content (AvgIpc) is 3.28. The van der Waals surface area contributed by atoms with E-state index in [1.54, 1.807) is 19.2 Å². The Morgan fingerprint density at radius 1 is 1.08 bits per heavy atom. The predicted molar refractivity (Wildman–Crippen MR) is 135 cm³/mol. The molecule has 9 nitrogen and oxygen atoms in total. The van der Waals surface area contributed by atoms with Crippen LogP contribution in [0.4, 0.5) is 13.2 Å². The van der Waals surface area contributed by atoms with Crippen LogP contribution in [0.25, 0.3) is 11.4 Å². The van der Waals surface area contributed by atoms with Crippen molar-refractivity contribution in [1.82, 2.24) is 25.1 Å². The zero-order valence-corrected chi connectivity index (χ0v) is 21.8.